The zero-order chi connectivity index (χ0) is 11.8. The topological polar surface area (TPSA) is 48.9 Å². The number of hydrogen-bond donors (Lipinski definition) is 2. The molecular formula is C14H12N2O. The second-order valence-electron chi connectivity index (χ2n) is 4.17. The maximum atomic E-state index is 9.28. The van der Waals surface area contributed by atoms with Crippen molar-refractivity contribution in [1.82, 2.24) is 10.2 Å². The van der Waals surface area contributed by atoms with Crippen LogP contribution < -0.4 is 0 Å². The van der Waals surface area contributed by atoms with Crippen molar-refractivity contribution >= 4 is 10.9 Å². The summed E-state index contributed by atoms with van der Waals surface area (Å²) in [5, 5.41) is 17.7. The maximum absolute atomic E-state index is 9.28. The average Bonchev–Trinajstić information content (AvgIpc) is 2.73. The fourth-order valence-electron chi connectivity index (χ4n) is 1.97. The van der Waals surface area contributed by atoms with Crippen molar-refractivity contribution < 1.29 is 5.11 Å². The number of aromatic hydroxyl groups is 1. The molecule has 0 aliphatic rings. The molecule has 0 aliphatic carbocycles. The molecule has 2 N–H and O–H groups in total. The molecule has 0 aliphatic heterocycles. The first-order valence-corrected chi connectivity index (χ1v) is 5.48. The lowest BCUT2D eigenvalue weighted by Gasteiger charge is -1.99. The summed E-state index contributed by atoms with van der Waals surface area (Å²) in [4.78, 5) is 0. The molecule has 3 rings (SSSR count). The molecule has 2 aromatic carbocycles. The highest BCUT2D eigenvalue weighted by atomic mass is 16.3. The van der Waals surface area contributed by atoms with Gasteiger partial charge >= 0.3 is 0 Å². The Morgan fingerprint density at radius 1 is 1.06 bits per heavy atom. The molecule has 0 saturated heterocycles. The van der Waals surface area contributed by atoms with Crippen LogP contribution in [0.3, 0.4) is 0 Å². The van der Waals surface area contributed by atoms with Gasteiger partial charge in [0.1, 0.15) is 5.75 Å². The fraction of sp³-hybridized carbons (Fsp3) is 0.0714. The Hall–Kier alpha value is -2.29. The fourth-order valence-corrected chi connectivity index (χ4v) is 1.97. The van der Waals surface area contributed by atoms with Crippen molar-refractivity contribution in [3.8, 4) is 17.0 Å². The molecule has 0 spiro atoms. The van der Waals surface area contributed by atoms with Gasteiger partial charge in [-0.3, -0.25) is 5.10 Å². The van der Waals surface area contributed by atoms with Gasteiger partial charge < -0.3 is 5.11 Å². The third-order valence-corrected chi connectivity index (χ3v) is 2.86. The highest BCUT2D eigenvalue weighted by molar-refractivity contribution is 5.93. The number of rotatable bonds is 1. The number of aromatic nitrogens is 2. The van der Waals surface area contributed by atoms with E-state index in [9.17, 15) is 5.11 Å². The van der Waals surface area contributed by atoms with Crippen molar-refractivity contribution in [1.29, 1.82) is 0 Å². The Bertz CT molecular complexity index is 668. The highest BCUT2D eigenvalue weighted by Crippen LogP contribution is 2.27. The van der Waals surface area contributed by atoms with Crippen LogP contribution in [-0.4, -0.2) is 15.3 Å². The smallest absolute Gasteiger partial charge is 0.115 e. The number of aromatic amines is 1. The van der Waals surface area contributed by atoms with E-state index in [-0.39, 0.29) is 5.75 Å². The first-order valence-electron chi connectivity index (χ1n) is 5.48. The van der Waals surface area contributed by atoms with Crippen LogP contribution in [0, 0.1) is 6.92 Å². The number of H-pyrrole nitrogens is 1. The number of benzene rings is 2. The van der Waals surface area contributed by atoms with E-state index in [1.54, 1.807) is 12.1 Å². The van der Waals surface area contributed by atoms with Gasteiger partial charge in [-0.15, -0.1) is 0 Å². The molecule has 1 heterocycles. The van der Waals surface area contributed by atoms with E-state index in [1.165, 1.54) is 5.56 Å². The Balaban J connectivity index is 2.23. The van der Waals surface area contributed by atoms with Crippen LogP contribution >= 0.6 is 0 Å². The number of nitrogens with one attached hydrogen (secondary N) is 1. The molecule has 3 heteroatoms. The molecule has 0 amide bonds. The monoisotopic (exact) mass is 224 g/mol. The van der Waals surface area contributed by atoms with Crippen molar-refractivity contribution in [3.63, 3.8) is 0 Å². The van der Waals surface area contributed by atoms with Gasteiger partial charge in [0, 0.05) is 10.9 Å². The molecule has 1 aromatic heterocycles. The van der Waals surface area contributed by atoms with E-state index >= 15 is 0 Å². The predicted octanol–water partition coefficient (Wildman–Crippen LogP) is 3.24. The second kappa shape index (κ2) is 3.63. The molecular weight excluding hydrogens is 212 g/mol. The Morgan fingerprint density at radius 3 is 2.59 bits per heavy atom. The second-order valence-corrected chi connectivity index (χ2v) is 4.17. The van der Waals surface area contributed by atoms with Crippen molar-refractivity contribution in [3.05, 3.63) is 48.0 Å². The Kier molecular flexibility index (Phi) is 2.11. The standard InChI is InChI=1S/C14H12N2O/c1-9-2-7-13-12(8-9)14(16-15-13)10-3-5-11(17)6-4-10/h2-8,17H,1H3,(H,15,16). The van der Waals surface area contributed by atoms with Gasteiger partial charge in [-0.2, -0.15) is 5.10 Å². The van der Waals surface area contributed by atoms with Crippen molar-refractivity contribution in [2.45, 2.75) is 6.92 Å². The number of hydrogen-bond acceptors (Lipinski definition) is 2. The number of phenolic OH excluding ortho intramolecular Hbond substituents is 1. The summed E-state index contributed by atoms with van der Waals surface area (Å²) >= 11 is 0. The van der Waals surface area contributed by atoms with Gasteiger partial charge in [0.05, 0.1) is 11.2 Å². The molecule has 0 unspecified atom stereocenters. The SMILES string of the molecule is Cc1ccc2[nH]nc(-c3ccc(O)cc3)c2c1. The quantitative estimate of drug-likeness (QED) is 0.666. The third kappa shape index (κ3) is 1.65. The first kappa shape index (κ1) is 9.90. The van der Waals surface area contributed by atoms with E-state index in [0.29, 0.717) is 0 Å². The van der Waals surface area contributed by atoms with Crippen LogP contribution in [0.25, 0.3) is 22.2 Å². The van der Waals surface area contributed by atoms with Crippen LogP contribution in [-0.2, 0) is 0 Å². The van der Waals surface area contributed by atoms with E-state index < -0.39 is 0 Å². The summed E-state index contributed by atoms with van der Waals surface area (Å²) in [6, 6.07) is 13.3. The molecule has 3 nitrogen and oxygen atoms in total. The van der Waals surface area contributed by atoms with Gasteiger partial charge in [0.25, 0.3) is 0 Å². The summed E-state index contributed by atoms with van der Waals surface area (Å²) < 4.78 is 0. The minimum Gasteiger partial charge on any atom is -0.508 e. The van der Waals surface area contributed by atoms with Crippen LogP contribution in [0.5, 0.6) is 5.75 Å². The van der Waals surface area contributed by atoms with Crippen LogP contribution in [0.2, 0.25) is 0 Å². The van der Waals surface area contributed by atoms with Gasteiger partial charge in [0.2, 0.25) is 0 Å². The van der Waals surface area contributed by atoms with E-state index in [4.69, 9.17) is 0 Å². The minimum absolute atomic E-state index is 0.268. The zero-order valence-corrected chi connectivity index (χ0v) is 9.44. The Labute approximate surface area is 98.7 Å². The summed E-state index contributed by atoms with van der Waals surface area (Å²) in [5.41, 5.74) is 4.15. The van der Waals surface area contributed by atoms with Gasteiger partial charge in [0.15, 0.2) is 0 Å². The molecule has 0 atom stereocenters. The average molecular weight is 224 g/mol. The number of fused-ring (bicyclic) bond motifs is 1. The number of nitrogens with zero attached hydrogens (tertiary/aromatic N) is 1. The lowest BCUT2D eigenvalue weighted by atomic mass is 10.1. The first-order chi connectivity index (χ1) is 8.24. The van der Waals surface area contributed by atoms with Gasteiger partial charge in [-0.25, -0.2) is 0 Å². The number of aryl methyl sites for hydroxylation is 1. The van der Waals surface area contributed by atoms with Crippen molar-refractivity contribution in [2.24, 2.45) is 0 Å². The largest absolute Gasteiger partial charge is 0.508 e. The Morgan fingerprint density at radius 2 is 1.82 bits per heavy atom. The molecule has 3 aromatic rings. The van der Waals surface area contributed by atoms with Gasteiger partial charge in [-0.05, 0) is 43.3 Å². The van der Waals surface area contributed by atoms with E-state index in [1.807, 2.05) is 18.2 Å². The maximum Gasteiger partial charge on any atom is 0.115 e. The van der Waals surface area contributed by atoms with E-state index in [0.717, 1.165) is 22.2 Å². The molecule has 17 heavy (non-hydrogen) atoms. The minimum atomic E-state index is 0.268. The summed E-state index contributed by atoms with van der Waals surface area (Å²) in [6.45, 7) is 2.06. The summed E-state index contributed by atoms with van der Waals surface area (Å²) in [6.07, 6.45) is 0. The highest BCUT2D eigenvalue weighted by Gasteiger charge is 2.07. The normalized spacial score (nSPS) is 10.9. The summed E-state index contributed by atoms with van der Waals surface area (Å²) in [7, 11) is 0. The summed E-state index contributed by atoms with van der Waals surface area (Å²) in [5.74, 6) is 0.268. The zero-order valence-electron chi connectivity index (χ0n) is 9.44. The molecule has 0 radical (unpaired) electrons. The molecule has 0 saturated carbocycles. The van der Waals surface area contributed by atoms with Crippen LogP contribution in [0.15, 0.2) is 42.5 Å². The lowest BCUT2D eigenvalue weighted by molar-refractivity contribution is 0.475. The van der Waals surface area contributed by atoms with Gasteiger partial charge in [-0.1, -0.05) is 11.6 Å². The molecule has 84 valence electrons. The predicted molar refractivity (Wildman–Crippen MR) is 67.9 cm³/mol. The van der Waals surface area contributed by atoms with Crippen molar-refractivity contribution in [2.75, 3.05) is 0 Å². The third-order valence-electron chi connectivity index (χ3n) is 2.86. The van der Waals surface area contributed by atoms with Crippen LogP contribution in [0.1, 0.15) is 5.56 Å². The van der Waals surface area contributed by atoms with E-state index in [2.05, 4.69) is 29.3 Å². The lowest BCUT2D eigenvalue weighted by Crippen LogP contribution is -1.78. The molecule has 0 bridgehead atoms. The van der Waals surface area contributed by atoms with Crippen LogP contribution in [0.4, 0.5) is 0 Å². The number of phenols is 1. The molecule has 0 fully saturated rings.